The maximum absolute atomic E-state index is 8.62. The Hall–Kier alpha value is -1.63. The smallest absolute Gasteiger partial charge is 0.150 e. The van der Waals surface area contributed by atoms with Gasteiger partial charge in [0.25, 0.3) is 0 Å². The number of hydrogen-bond acceptors (Lipinski definition) is 4. The summed E-state index contributed by atoms with van der Waals surface area (Å²) in [7, 11) is 0. The fourth-order valence-corrected chi connectivity index (χ4v) is 1.26. The Labute approximate surface area is 76.6 Å². The second-order valence-corrected chi connectivity index (χ2v) is 3.21. The summed E-state index contributed by atoms with van der Waals surface area (Å²) in [6.07, 6.45) is 5.13. The highest BCUT2D eigenvalue weighted by Crippen LogP contribution is 2.21. The zero-order valence-electron chi connectivity index (χ0n) is 7.20. The van der Waals surface area contributed by atoms with E-state index in [0.29, 0.717) is 17.4 Å². The molecule has 0 radical (unpaired) electrons. The lowest BCUT2D eigenvalue weighted by molar-refractivity contribution is 0.444. The Morgan fingerprint density at radius 2 is 2.38 bits per heavy atom. The molecule has 66 valence electrons. The van der Waals surface area contributed by atoms with Crippen LogP contribution in [0.15, 0.2) is 12.3 Å². The molecule has 1 fully saturated rings. The van der Waals surface area contributed by atoms with Gasteiger partial charge in [-0.2, -0.15) is 10.4 Å². The van der Waals surface area contributed by atoms with Crippen LogP contribution >= 0.6 is 0 Å². The van der Waals surface area contributed by atoms with Crippen LogP contribution < -0.4 is 5.32 Å². The van der Waals surface area contributed by atoms with Crippen LogP contribution in [0.1, 0.15) is 24.8 Å². The lowest BCUT2D eigenvalue weighted by Crippen LogP contribution is -2.27. The molecule has 0 bridgehead atoms. The monoisotopic (exact) mass is 174 g/mol. The number of anilines is 1. The molecule has 0 unspecified atom stereocenters. The predicted molar refractivity (Wildman–Crippen MR) is 48.0 cm³/mol. The molecule has 1 aromatic heterocycles. The summed E-state index contributed by atoms with van der Waals surface area (Å²) >= 11 is 0. The number of nitriles is 1. The molecule has 0 atom stereocenters. The van der Waals surface area contributed by atoms with Gasteiger partial charge in [0.1, 0.15) is 11.9 Å². The molecule has 1 heterocycles. The van der Waals surface area contributed by atoms with Crippen LogP contribution in [-0.4, -0.2) is 16.2 Å². The molecular formula is C9H10N4. The van der Waals surface area contributed by atoms with Gasteiger partial charge >= 0.3 is 0 Å². The molecule has 0 spiro atoms. The van der Waals surface area contributed by atoms with Crippen LogP contribution in [0.2, 0.25) is 0 Å². The standard InChI is InChI=1S/C9H10N4/c10-5-7-4-9(13-11-6-7)12-8-2-1-3-8/h4,6,8H,1-3H2,(H,12,13). The highest BCUT2D eigenvalue weighted by Gasteiger charge is 2.17. The molecule has 0 aliphatic heterocycles. The average molecular weight is 174 g/mol. The normalized spacial score (nSPS) is 15.9. The van der Waals surface area contributed by atoms with Crippen LogP contribution in [-0.2, 0) is 0 Å². The molecule has 4 nitrogen and oxygen atoms in total. The van der Waals surface area contributed by atoms with Crippen molar-refractivity contribution < 1.29 is 0 Å². The number of nitrogens with zero attached hydrogens (tertiary/aromatic N) is 3. The first-order chi connectivity index (χ1) is 6.38. The fourth-order valence-electron chi connectivity index (χ4n) is 1.26. The third-order valence-electron chi connectivity index (χ3n) is 2.24. The van der Waals surface area contributed by atoms with Crippen molar-refractivity contribution in [3.63, 3.8) is 0 Å². The van der Waals surface area contributed by atoms with Crippen molar-refractivity contribution in [2.24, 2.45) is 0 Å². The first kappa shape index (κ1) is 7.99. The molecule has 1 N–H and O–H groups in total. The second-order valence-electron chi connectivity index (χ2n) is 3.21. The second kappa shape index (κ2) is 3.40. The number of nitrogens with one attached hydrogen (secondary N) is 1. The molecule has 1 aliphatic carbocycles. The summed E-state index contributed by atoms with van der Waals surface area (Å²) < 4.78 is 0. The van der Waals surface area contributed by atoms with Crippen molar-refractivity contribution in [2.75, 3.05) is 5.32 Å². The minimum atomic E-state index is 0.531. The topological polar surface area (TPSA) is 61.6 Å². The molecule has 1 aromatic rings. The minimum Gasteiger partial charge on any atom is -0.366 e. The van der Waals surface area contributed by atoms with Crippen LogP contribution in [0.5, 0.6) is 0 Å². The molecular weight excluding hydrogens is 164 g/mol. The maximum atomic E-state index is 8.62. The van der Waals surface area contributed by atoms with Crippen LogP contribution in [0.3, 0.4) is 0 Å². The van der Waals surface area contributed by atoms with Gasteiger partial charge < -0.3 is 5.32 Å². The summed E-state index contributed by atoms with van der Waals surface area (Å²) in [5, 5.41) is 19.5. The van der Waals surface area contributed by atoms with Gasteiger partial charge in [0.05, 0.1) is 11.8 Å². The predicted octanol–water partition coefficient (Wildman–Crippen LogP) is 1.31. The lowest BCUT2D eigenvalue weighted by Gasteiger charge is -2.26. The van der Waals surface area contributed by atoms with E-state index in [1.807, 2.05) is 6.07 Å². The summed E-state index contributed by atoms with van der Waals surface area (Å²) in [4.78, 5) is 0. The summed E-state index contributed by atoms with van der Waals surface area (Å²) in [6, 6.07) is 4.29. The maximum Gasteiger partial charge on any atom is 0.150 e. The number of hydrogen-bond donors (Lipinski definition) is 1. The van der Waals surface area contributed by atoms with E-state index in [9.17, 15) is 0 Å². The molecule has 0 aromatic carbocycles. The van der Waals surface area contributed by atoms with E-state index in [-0.39, 0.29) is 0 Å². The van der Waals surface area contributed by atoms with Gasteiger partial charge in [0, 0.05) is 12.1 Å². The first-order valence-electron chi connectivity index (χ1n) is 4.38. The van der Waals surface area contributed by atoms with Crippen molar-refractivity contribution in [3.05, 3.63) is 17.8 Å². The van der Waals surface area contributed by atoms with Crippen molar-refractivity contribution >= 4 is 5.82 Å². The fraction of sp³-hybridized carbons (Fsp3) is 0.444. The van der Waals surface area contributed by atoms with Gasteiger partial charge in [-0.25, -0.2) is 0 Å². The van der Waals surface area contributed by atoms with E-state index in [1.165, 1.54) is 25.5 Å². The van der Waals surface area contributed by atoms with Gasteiger partial charge in [-0.1, -0.05) is 0 Å². The largest absolute Gasteiger partial charge is 0.366 e. The van der Waals surface area contributed by atoms with Crippen LogP contribution in [0.4, 0.5) is 5.82 Å². The number of aromatic nitrogens is 2. The summed E-state index contributed by atoms with van der Waals surface area (Å²) in [5.41, 5.74) is 0.553. The van der Waals surface area contributed by atoms with E-state index in [1.54, 1.807) is 6.07 Å². The van der Waals surface area contributed by atoms with E-state index in [2.05, 4.69) is 15.5 Å². The summed E-state index contributed by atoms with van der Waals surface area (Å²) in [6.45, 7) is 0. The van der Waals surface area contributed by atoms with E-state index >= 15 is 0 Å². The third-order valence-corrected chi connectivity index (χ3v) is 2.24. The molecule has 1 aliphatic rings. The molecule has 2 rings (SSSR count). The Balaban J connectivity index is 2.07. The van der Waals surface area contributed by atoms with Gasteiger partial charge in [-0.3, -0.25) is 0 Å². The van der Waals surface area contributed by atoms with Gasteiger partial charge in [0.2, 0.25) is 0 Å². The summed E-state index contributed by atoms with van der Waals surface area (Å²) in [5.74, 6) is 0.712. The van der Waals surface area contributed by atoms with Crippen molar-refractivity contribution in [3.8, 4) is 6.07 Å². The van der Waals surface area contributed by atoms with Crippen molar-refractivity contribution in [1.29, 1.82) is 5.26 Å². The average Bonchev–Trinajstić information content (AvgIpc) is 2.12. The molecule has 1 saturated carbocycles. The molecule has 0 amide bonds. The van der Waals surface area contributed by atoms with Gasteiger partial charge in [-0.15, -0.1) is 5.10 Å². The first-order valence-corrected chi connectivity index (χ1v) is 4.38. The number of rotatable bonds is 2. The van der Waals surface area contributed by atoms with E-state index < -0.39 is 0 Å². The van der Waals surface area contributed by atoms with E-state index in [4.69, 9.17) is 5.26 Å². The zero-order valence-corrected chi connectivity index (χ0v) is 7.20. The Morgan fingerprint density at radius 3 is 3.00 bits per heavy atom. The Bertz CT molecular complexity index is 338. The zero-order chi connectivity index (χ0) is 9.10. The Morgan fingerprint density at radius 1 is 1.54 bits per heavy atom. The highest BCUT2D eigenvalue weighted by atomic mass is 15.2. The van der Waals surface area contributed by atoms with Gasteiger partial charge in [0.15, 0.2) is 0 Å². The third kappa shape index (κ3) is 1.75. The van der Waals surface area contributed by atoms with Crippen molar-refractivity contribution in [2.45, 2.75) is 25.3 Å². The van der Waals surface area contributed by atoms with Crippen LogP contribution in [0, 0.1) is 11.3 Å². The quantitative estimate of drug-likeness (QED) is 0.734. The van der Waals surface area contributed by atoms with E-state index in [0.717, 1.165) is 0 Å². The molecule has 13 heavy (non-hydrogen) atoms. The van der Waals surface area contributed by atoms with Gasteiger partial charge in [-0.05, 0) is 19.3 Å². The van der Waals surface area contributed by atoms with Crippen LogP contribution in [0.25, 0.3) is 0 Å². The lowest BCUT2D eigenvalue weighted by atomic mass is 9.93. The minimum absolute atomic E-state index is 0.531. The van der Waals surface area contributed by atoms with Crippen molar-refractivity contribution in [1.82, 2.24) is 10.2 Å². The molecule has 0 saturated heterocycles. The molecule has 4 heteroatoms. The highest BCUT2D eigenvalue weighted by molar-refractivity contribution is 5.41. The SMILES string of the molecule is N#Cc1cnnc(NC2CCC2)c1. The Kier molecular flexibility index (Phi) is 2.09.